The van der Waals surface area contributed by atoms with E-state index in [1.165, 1.54) is 12.1 Å². The number of alkyl halides is 3. The number of halogens is 3. The van der Waals surface area contributed by atoms with Crippen molar-refractivity contribution in [3.05, 3.63) is 59.7 Å². The molecule has 0 N–H and O–H groups in total. The van der Waals surface area contributed by atoms with E-state index in [1.807, 2.05) is 52.0 Å². The second kappa shape index (κ2) is 7.32. The molecule has 0 saturated carbocycles. The minimum Gasteiger partial charge on any atom is -0.259 e. The standard InChI is InChI=1S/C20H23F3OS/c1-14(13-25(24)19(2,3)4)16-6-5-7-17(12-16)15-8-10-18(11-9-15)20(21,22)23/h5-12,14H,13H2,1-4H3/t14-,25-/m1/s1. The Morgan fingerprint density at radius 1 is 0.960 bits per heavy atom. The molecule has 0 fully saturated rings. The summed E-state index contributed by atoms with van der Waals surface area (Å²) < 4.78 is 50.1. The van der Waals surface area contributed by atoms with Gasteiger partial charge in [0.15, 0.2) is 0 Å². The summed E-state index contributed by atoms with van der Waals surface area (Å²) in [6, 6.07) is 12.9. The first-order valence-electron chi connectivity index (χ1n) is 8.14. The van der Waals surface area contributed by atoms with E-state index < -0.39 is 22.5 Å². The van der Waals surface area contributed by atoms with Gasteiger partial charge >= 0.3 is 6.18 Å². The molecule has 0 heterocycles. The number of rotatable bonds is 4. The second-order valence-corrected chi connectivity index (χ2v) is 9.48. The van der Waals surface area contributed by atoms with Crippen molar-refractivity contribution in [1.82, 2.24) is 0 Å². The summed E-state index contributed by atoms with van der Waals surface area (Å²) in [6.07, 6.45) is -4.33. The molecule has 0 aliphatic heterocycles. The molecule has 0 spiro atoms. The first kappa shape index (κ1) is 19.7. The third kappa shape index (κ3) is 5.18. The molecule has 2 atom stereocenters. The van der Waals surface area contributed by atoms with Crippen LogP contribution in [0.5, 0.6) is 0 Å². The quantitative estimate of drug-likeness (QED) is 0.645. The van der Waals surface area contributed by atoms with Crippen LogP contribution in [-0.2, 0) is 17.0 Å². The molecule has 0 aliphatic carbocycles. The van der Waals surface area contributed by atoms with Crippen LogP contribution in [0.2, 0.25) is 0 Å². The molecule has 136 valence electrons. The van der Waals surface area contributed by atoms with Gasteiger partial charge in [-0.3, -0.25) is 4.21 Å². The van der Waals surface area contributed by atoms with Crippen molar-refractivity contribution < 1.29 is 17.4 Å². The smallest absolute Gasteiger partial charge is 0.259 e. The summed E-state index contributed by atoms with van der Waals surface area (Å²) in [7, 11) is -0.957. The van der Waals surface area contributed by atoms with Gasteiger partial charge in [-0.2, -0.15) is 13.2 Å². The second-order valence-electron chi connectivity index (χ2n) is 7.23. The fourth-order valence-corrected chi connectivity index (χ4v) is 3.60. The molecule has 25 heavy (non-hydrogen) atoms. The number of benzene rings is 2. The van der Waals surface area contributed by atoms with E-state index in [0.717, 1.165) is 28.8 Å². The van der Waals surface area contributed by atoms with Crippen LogP contribution in [0.25, 0.3) is 11.1 Å². The van der Waals surface area contributed by atoms with Gasteiger partial charge in [0.1, 0.15) is 0 Å². The molecular formula is C20H23F3OS. The van der Waals surface area contributed by atoms with E-state index in [0.29, 0.717) is 5.75 Å². The van der Waals surface area contributed by atoms with E-state index in [-0.39, 0.29) is 10.7 Å². The molecule has 0 unspecified atom stereocenters. The summed E-state index contributed by atoms with van der Waals surface area (Å²) in [5.41, 5.74) is 1.98. The van der Waals surface area contributed by atoms with Crippen LogP contribution in [0.1, 0.15) is 44.7 Å². The largest absolute Gasteiger partial charge is 0.416 e. The van der Waals surface area contributed by atoms with E-state index in [9.17, 15) is 17.4 Å². The Morgan fingerprint density at radius 3 is 2.08 bits per heavy atom. The minimum atomic E-state index is -4.33. The summed E-state index contributed by atoms with van der Waals surface area (Å²) >= 11 is 0. The topological polar surface area (TPSA) is 17.1 Å². The van der Waals surface area contributed by atoms with Crippen molar-refractivity contribution in [3.8, 4) is 11.1 Å². The van der Waals surface area contributed by atoms with Crippen molar-refractivity contribution in [1.29, 1.82) is 0 Å². The molecule has 0 bridgehead atoms. The molecule has 5 heteroatoms. The zero-order valence-corrected chi connectivity index (χ0v) is 15.7. The molecule has 1 nitrogen and oxygen atoms in total. The van der Waals surface area contributed by atoms with Gasteiger partial charge in [-0.05, 0) is 55.5 Å². The van der Waals surface area contributed by atoms with Gasteiger partial charge in [-0.1, -0.05) is 43.3 Å². The zero-order valence-electron chi connectivity index (χ0n) is 14.9. The molecule has 0 radical (unpaired) electrons. The third-order valence-corrected chi connectivity index (χ3v) is 6.25. The highest BCUT2D eigenvalue weighted by Gasteiger charge is 2.30. The van der Waals surface area contributed by atoms with Crippen LogP contribution in [0.3, 0.4) is 0 Å². The maximum Gasteiger partial charge on any atom is 0.416 e. The maximum atomic E-state index is 12.7. The fraction of sp³-hybridized carbons (Fsp3) is 0.400. The number of hydrogen-bond acceptors (Lipinski definition) is 1. The minimum absolute atomic E-state index is 0.106. The highest BCUT2D eigenvalue weighted by atomic mass is 32.2. The van der Waals surface area contributed by atoms with Crippen molar-refractivity contribution in [2.24, 2.45) is 0 Å². The van der Waals surface area contributed by atoms with Crippen LogP contribution in [0, 0.1) is 0 Å². The predicted molar refractivity (Wildman–Crippen MR) is 98.1 cm³/mol. The Balaban J connectivity index is 2.22. The Bertz CT molecular complexity index is 743. The SMILES string of the molecule is C[C@H](C[S@@](=O)C(C)(C)C)c1cccc(-c2ccc(C(F)(F)F)cc2)c1. The molecular weight excluding hydrogens is 345 g/mol. The molecule has 0 saturated heterocycles. The first-order chi connectivity index (χ1) is 11.5. The van der Waals surface area contributed by atoms with Crippen LogP contribution < -0.4 is 0 Å². The van der Waals surface area contributed by atoms with E-state index in [2.05, 4.69) is 0 Å². The van der Waals surface area contributed by atoms with Crippen molar-refractivity contribution in [2.45, 2.75) is 44.5 Å². The Hall–Kier alpha value is -1.62. The van der Waals surface area contributed by atoms with Gasteiger partial charge in [-0.25, -0.2) is 0 Å². The van der Waals surface area contributed by atoms with E-state index >= 15 is 0 Å². The summed E-state index contributed by atoms with van der Waals surface area (Å²) in [6.45, 7) is 7.88. The van der Waals surface area contributed by atoms with Crippen LogP contribution in [-0.4, -0.2) is 14.7 Å². The Morgan fingerprint density at radius 2 is 1.56 bits per heavy atom. The Kier molecular flexibility index (Phi) is 5.77. The van der Waals surface area contributed by atoms with Gasteiger partial charge in [0.05, 0.1) is 5.56 Å². The average Bonchev–Trinajstić information content (AvgIpc) is 2.53. The molecule has 2 aromatic rings. The predicted octanol–water partition coefficient (Wildman–Crippen LogP) is 6.02. The van der Waals surface area contributed by atoms with Gasteiger partial charge in [0, 0.05) is 21.3 Å². The van der Waals surface area contributed by atoms with Crippen molar-refractivity contribution >= 4 is 10.8 Å². The van der Waals surface area contributed by atoms with Crippen LogP contribution in [0.4, 0.5) is 13.2 Å². The van der Waals surface area contributed by atoms with Crippen molar-refractivity contribution in [3.63, 3.8) is 0 Å². The van der Waals surface area contributed by atoms with E-state index in [1.54, 1.807) is 0 Å². The molecule has 2 rings (SSSR count). The van der Waals surface area contributed by atoms with Crippen molar-refractivity contribution in [2.75, 3.05) is 5.75 Å². The molecule has 0 aromatic heterocycles. The first-order valence-corrected chi connectivity index (χ1v) is 9.46. The zero-order chi connectivity index (χ0) is 18.8. The normalized spacial score (nSPS) is 15.0. The van der Waals surface area contributed by atoms with Gasteiger partial charge in [0.25, 0.3) is 0 Å². The summed E-state index contributed by atoms with van der Waals surface area (Å²) in [5.74, 6) is 0.661. The molecule has 0 aliphatic rings. The maximum absolute atomic E-state index is 12.7. The van der Waals surface area contributed by atoms with Crippen LogP contribution >= 0.6 is 0 Å². The van der Waals surface area contributed by atoms with Crippen LogP contribution in [0.15, 0.2) is 48.5 Å². The lowest BCUT2D eigenvalue weighted by Crippen LogP contribution is -2.26. The van der Waals surface area contributed by atoms with Gasteiger partial charge in [-0.15, -0.1) is 0 Å². The van der Waals surface area contributed by atoms with E-state index in [4.69, 9.17) is 0 Å². The highest BCUT2D eigenvalue weighted by Crippen LogP contribution is 2.32. The molecule has 0 amide bonds. The lowest BCUT2D eigenvalue weighted by Gasteiger charge is -2.21. The molecule has 2 aromatic carbocycles. The summed E-state index contributed by atoms with van der Waals surface area (Å²) in [5, 5.41) is 0. The summed E-state index contributed by atoms with van der Waals surface area (Å²) in [4.78, 5) is 0. The van der Waals surface area contributed by atoms with Gasteiger partial charge < -0.3 is 0 Å². The Labute approximate surface area is 149 Å². The lowest BCUT2D eigenvalue weighted by molar-refractivity contribution is -0.137. The lowest BCUT2D eigenvalue weighted by atomic mass is 9.97. The fourth-order valence-electron chi connectivity index (χ4n) is 2.45. The average molecular weight is 368 g/mol. The number of hydrogen-bond donors (Lipinski definition) is 0. The monoisotopic (exact) mass is 368 g/mol. The van der Waals surface area contributed by atoms with Gasteiger partial charge in [0.2, 0.25) is 0 Å². The third-order valence-electron chi connectivity index (χ3n) is 4.09. The highest BCUT2D eigenvalue weighted by molar-refractivity contribution is 7.86.